The Balaban J connectivity index is 2.13. The van der Waals surface area contributed by atoms with E-state index in [1.54, 1.807) is 0 Å². The van der Waals surface area contributed by atoms with Crippen LogP contribution in [0, 0.1) is 5.41 Å². The van der Waals surface area contributed by atoms with Crippen molar-refractivity contribution >= 4 is 5.84 Å². The average Bonchev–Trinajstić information content (AvgIpc) is 2.40. The number of amidine groups is 1. The fourth-order valence-corrected chi connectivity index (χ4v) is 2.42. The third kappa shape index (κ3) is 2.56. The van der Waals surface area contributed by atoms with Gasteiger partial charge in [0.2, 0.25) is 0 Å². The van der Waals surface area contributed by atoms with Crippen LogP contribution in [0.4, 0.5) is 0 Å². The molecular weight excluding hydrogens is 222 g/mol. The number of hydrogen-bond acceptors (Lipinski definition) is 2. The highest BCUT2D eigenvalue weighted by Crippen LogP contribution is 2.26. The molecule has 1 saturated heterocycles. The molecular formula is C15H23N3. The van der Waals surface area contributed by atoms with Gasteiger partial charge in [-0.15, -0.1) is 0 Å². The van der Waals surface area contributed by atoms with E-state index in [2.05, 4.69) is 42.8 Å². The molecule has 18 heavy (non-hydrogen) atoms. The molecule has 0 spiro atoms. The summed E-state index contributed by atoms with van der Waals surface area (Å²) in [6, 6.07) is 10.4. The monoisotopic (exact) mass is 245 g/mol. The van der Waals surface area contributed by atoms with Crippen molar-refractivity contribution < 1.29 is 0 Å². The van der Waals surface area contributed by atoms with Crippen molar-refractivity contribution in [3.8, 4) is 0 Å². The normalized spacial score (nSPS) is 17.8. The zero-order valence-electron chi connectivity index (χ0n) is 11.6. The molecule has 1 N–H and O–H groups in total. The number of nitrogens with one attached hydrogen (secondary N) is 1. The summed E-state index contributed by atoms with van der Waals surface area (Å²) in [6.45, 7) is 8.31. The van der Waals surface area contributed by atoms with Crippen molar-refractivity contribution in [3.63, 3.8) is 0 Å². The second-order valence-electron chi connectivity index (χ2n) is 5.63. The van der Waals surface area contributed by atoms with Crippen LogP contribution in [0.15, 0.2) is 30.3 Å². The zero-order valence-corrected chi connectivity index (χ0v) is 11.6. The van der Waals surface area contributed by atoms with Gasteiger partial charge in [-0.3, -0.25) is 5.41 Å². The summed E-state index contributed by atoms with van der Waals surface area (Å²) in [4.78, 5) is 4.53. The lowest BCUT2D eigenvalue weighted by Gasteiger charge is -2.39. The van der Waals surface area contributed by atoms with Crippen LogP contribution in [0.5, 0.6) is 0 Å². The Hall–Kier alpha value is -1.35. The van der Waals surface area contributed by atoms with Gasteiger partial charge in [-0.05, 0) is 26.5 Å². The minimum absolute atomic E-state index is 0.211. The Morgan fingerprint density at radius 1 is 1.06 bits per heavy atom. The van der Waals surface area contributed by atoms with E-state index < -0.39 is 0 Å². The van der Waals surface area contributed by atoms with Gasteiger partial charge in [0.05, 0.1) is 0 Å². The number of likely N-dealkylation sites (N-methyl/N-ethyl adjacent to an activating group) is 1. The lowest BCUT2D eigenvalue weighted by molar-refractivity contribution is 0.207. The highest BCUT2D eigenvalue weighted by atomic mass is 15.3. The first-order chi connectivity index (χ1) is 8.51. The first-order valence-corrected chi connectivity index (χ1v) is 6.60. The Labute approximate surface area is 110 Å². The van der Waals surface area contributed by atoms with Crippen molar-refractivity contribution in [2.45, 2.75) is 19.3 Å². The van der Waals surface area contributed by atoms with Crippen molar-refractivity contribution in [1.29, 1.82) is 5.41 Å². The van der Waals surface area contributed by atoms with Crippen LogP contribution >= 0.6 is 0 Å². The molecule has 0 atom stereocenters. The minimum Gasteiger partial charge on any atom is -0.357 e. The first-order valence-electron chi connectivity index (χ1n) is 6.60. The summed E-state index contributed by atoms with van der Waals surface area (Å²) in [5, 5.41) is 8.50. The van der Waals surface area contributed by atoms with Gasteiger partial charge in [0.1, 0.15) is 5.84 Å². The number of nitrogens with zero attached hydrogens (tertiary/aromatic N) is 2. The predicted molar refractivity (Wildman–Crippen MR) is 76.3 cm³/mol. The lowest BCUT2D eigenvalue weighted by atomic mass is 9.82. The molecule has 0 aromatic heterocycles. The largest absolute Gasteiger partial charge is 0.357 e. The summed E-state index contributed by atoms with van der Waals surface area (Å²) < 4.78 is 0. The lowest BCUT2D eigenvalue weighted by Crippen LogP contribution is -2.51. The molecule has 1 aromatic carbocycles. The van der Waals surface area contributed by atoms with E-state index >= 15 is 0 Å². The van der Waals surface area contributed by atoms with Crippen LogP contribution in [-0.4, -0.2) is 48.9 Å². The molecule has 0 unspecified atom stereocenters. The van der Waals surface area contributed by atoms with Crippen LogP contribution < -0.4 is 0 Å². The second-order valence-corrected chi connectivity index (χ2v) is 5.63. The highest BCUT2D eigenvalue weighted by Gasteiger charge is 2.31. The van der Waals surface area contributed by atoms with E-state index in [1.165, 1.54) is 5.56 Å². The van der Waals surface area contributed by atoms with E-state index in [4.69, 9.17) is 5.41 Å². The SMILES string of the molecule is CN1CCN(C(=N)C(C)(C)c2ccccc2)CC1. The molecule has 0 amide bonds. The van der Waals surface area contributed by atoms with Gasteiger partial charge in [-0.1, -0.05) is 30.3 Å². The van der Waals surface area contributed by atoms with Crippen molar-refractivity contribution in [3.05, 3.63) is 35.9 Å². The van der Waals surface area contributed by atoms with Gasteiger partial charge in [0.25, 0.3) is 0 Å². The number of piperazine rings is 1. The van der Waals surface area contributed by atoms with Gasteiger partial charge >= 0.3 is 0 Å². The molecule has 1 heterocycles. The Morgan fingerprint density at radius 2 is 1.61 bits per heavy atom. The highest BCUT2D eigenvalue weighted by molar-refractivity contribution is 5.89. The summed E-state index contributed by atoms with van der Waals surface area (Å²) in [5.41, 5.74) is 1.01. The van der Waals surface area contributed by atoms with E-state index in [9.17, 15) is 0 Å². The quantitative estimate of drug-likeness (QED) is 0.639. The van der Waals surface area contributed by atoms with Crippen LogP contribution in [-0.2, 0) is 5.41 Å². The summed E-state index contributed by atoms with van der Waals surface area (Å²) >= 11 is 0. The molecule has 3 nitrogen and oxygen atoms in total. The maximum absolute atomic E-state index is 8.50. The molecule has 2 rings (SSSR count). The Kier molecular flexibility index (Phi) is 3.71. The third-order valence-electron chi connectivity index (χ3n) is 3.91. The molecule has 1 fully saturated rings. The number of hydrogen-bond donors (Lipinski definition) is 1. The molecule has 0 saturated carbocycles. The van der Waals surface area contributed by atoms with Gasteiger partial charge in [-0.2, -0.15) is 0 Å². The molecule has 0 bridgehead atoms. The summed E-state index contributed by atoms with van der Waals surface area (Å²) in [5.74, 6) is 0.738. The first kappa shape index (κ1) is 13.1. The van der Waals surface area contributed by atoms with Crippen LogP contribution in [0.1, 0.15) is 19.4 Å². The smallest absolute Gasteiger partial charge is 0.106 e. The second kappa shape index (κ2) is 5.11. The Bertz CT molecular complexity index is 403. The van der Waals surface area contributed by atoms with E-state index in [-0.39, 0.29) is 5.41 Å². The predicted octanol–water partition coefficient (Wildman–Crippen LogP) is 2.19. The van der Waals surface area contributed by atoms with Crippen LogP contribution in [0.3, 0.4) is 0 Å². The zero-order chi connectivity index (χ0) is 13.2. The standard InChI is InChI=1S/C15H23N3/c1-15(2,13-7-5-4-6-8-13)14(16)18-11-9-17(3)10-12-18/h4-8,16H,9-12H2,1-3H3. The maximum atomic E-state index is 8.50. The molecule has 0 aliphatic carbocycles. The molecule has 1 aliphatic heterocycles. The number of benzene rings is 1. The summed E-state index contributed by atoms with van der Waals surface area (Å²) in [7, 11) is 2.14. The van der Waals surface area contributed by atoms with Gasteiger partial charge in [0, 0.05) is 31.6 Å². The molecule has 0 radical (unpaired) electrons. The fourth-order valence-electron chi connectivity index (χ4n) is 2.42. The van der Waals surface area contributed by atoms with Crippen molar-refractivity contribution in [2.75, 3.05) is 33.2 Å². The third-order valence-corrected chi connectivity index (χ3v) is 3.91. The van der Waals surface area contributed by atoms with Crippen LogP contribution in [0.2, 0.25) is 0 Å². The minimum atomic E-state index is -0.211. The topological polar surface area (TPSA) is 30.3 Å². The van der Waals surface area contributed by atoms with Gasteiger partial charge in [0.15, 0.2) is 0 Å². The van der Waals surface area contributed by atoms with Gasteiger partial charge in [-0.25, -0.2) is 0 Å². The van der Waals surface area contributed by atoms with E-state index in [0.29, 0.717) is 0 Å². The summed E-state index contributed by atoms with van der Waals surface area (Å²) in [6.07, 6.45) is 0. The number of rotatable bonds is 2. The van der Waals surface area contributed by atoms with Gasteiger partial charge < -0.3 is 9.80 Å². The molecule has 1 aromatic rings. The average molecular weight is 245 g/mol. The van der Waals surface area contributed by atoms with E-state index in [1.807, 2.05) is 18.2 Å². The molecule has 1 aliphatic rings. The van der Waals surface area contributed by atoms with Crippen molar-refractivity contribution in [2.24, 2.45) is 0 Å². The maximum Gasteiger partial charge on any atom is 0.106 e. The molecule has 98 valence electrons. The fraction of sp³-hybridized carbons (Fsp3) is 0.533. The Morgan fingerprint density at radius 3 is 2.17 bits per heavy atom. The van der Waals surface area contributed by atoms with Crippen molar-refractivity contribution in [1.82, 2.24) is 9.80 Å². The van der Waals surface area contributed by atoms with Crippen LogP contribution in [0.25, 0.3) is 0 Å². The van der Waals surface area contributed by atoms with E-state index in [0.717, 1.165) is 32.0 Å². The molecule has 3 heteroatoms.